The van der Waals surface area contributed by atoms with Crippen molar-refractivity contribution >= 4 is 11.3 Å². The van der Waals surface area contributed by atoms with Crippen LogP contribution in [0.5, 0.6) is 0 Å². The third-order valence-corrected chi connectivity index (χ3v) is 2.82. The Kier molecular flexibility index (Phi) is 3.13. The average molecular weight is 168 g/mol. The molecule has 62 valence electrons. The Bertz CT molecular complexity index is 210. The van der Waals surface area contributed by atoms with E-state index in [-0.39, 0.29) is 0 Å². The van der Waals surface area contributed by atoms with E-state index in [1.54, 1.807) is 0 Å². The highest BCUT2D eigenvalue weighted by molar-refractivity contribution is 7.11. The molecule has 0 bridgehead atoms. The summed E-state index contributed by atoms with van der Waals surface area (Å²) < 4.78 is 0. The van der Waals surface area contributed by atoms with E-state index in [0.717, 1.165) is 5.92 Å². The van der Waals surface area contributed by atoms with Crippen LogP contribution in [0.15, 0.2) is 12.1 Å². The van der Waals surface area contributed by atoms with Gasteiger partial charge < -0.3 is 0 Å². The summed E-state index contributed by atoms with van der Waals surface area (Å²) in [5, 5.41) is 0. The molecule has 1 heteroatoms. The summed E-state index contributed by atoms with van der Waals surface area (Å²) in [6.07, 6.45) is 2.58. The van der Waals surface area contributed by atoms with Gasteiger partial charge in [-0.3, -0.25) is 0 Å². The molecule has 0 unspecified atom stereocenters. The highest BCUT2D eigenvalue weighted by Gasteiger charge is 1.98. The topological polar surface area (TPSA) is 0 Å². The van der Waals surface area contributed by atoms with Gasteiger partial charge in [0.2, 0.25) is 0 Å². The SMILES string of the molecule is Cc1ccc(CCC(C)C)s1. The fourth-order valence-corrected chi connectivity index (χ4v) is 1.96. The second-order valence-electron chi connectivity index (χ2n) is 3.44. The van der Waals surface area contributed by atoms with Crippen LogP contribution in [0.25, 0.3) is 0 Å². The van der Waals surface area contributed by atoms with Gasteiger partial charge in [0.15, 0.2) is 0 Å². The molecule has 1 rings (SSSR count). The Morgan fingerprint density at radius 3 is 2.55 bits per heavy atom. The lowest BCUT2D eigenvalue weighted by atomic mass is 10.1. The lowest BCUT2D eigenvalue weighted by Gasteiger charge is -2.00. The lowest BCUT2D eigenvalue weighted by molar-refractivity contribution is 0.590. The van der Waals surface area contributed by atoms with Crippen LogP contribution in [0.2, 0.25) is 0 Å². The zero-order valence-corrected chi connectivity index (χ0v) is 8.37. The maximum atomic E-state index is 2.28. The molecule has 0 N–H and O–H groups in total. The normalized spacial score (nSPS) is 10.9. The van der Waals surface area contributed by atoms with E-state index >= 15 is 0 Å². The van der Waals surface area contributed by atoms with Gasteiger partial charge in [-0.1, -0.05) is 13.8 Å². The summed E-state index contributed by atoms with van der Waals surface area (Å²) in [6, 6.07) is 4.46. The van der Waals surface area contributed by atoms with Crippen LogP contribution in [0.3, 0.4) is 0 Å². The van der Waals surface area contributed by atoms with Gasteiger partial charge in [0.25, 0.3) is 0 Å². The van der Waals surface area contributed by atoms with Gasteiger partial charge >= 0.3 is 0 Å². The van der Waals surface area contributed by atoms with Crippen molar-refractivity contribution in [3.63, 3.8) is 0 Å². The van der Waals surface area contributed by atoms with E-state index < -0.39 is 0 Å². The Morgan fingerprint density at radius 1 is 1.36 bits per heavy atom. The Morgan fingerprint density at radius 2 is 2.09 bits per heavy atom. The van der Waals surface area contributed by atoms with Crippen molar-refractivity contribution < 1.29 is 0 Å². The second kappa shape index (κ2) is 3.91. The van der Waals surface area contributed by atoms with E-state index in [9.17, 15) is 0 Å². The molecule has 0 atom stereocenters. The highest BCUT2D eigenvalue weighted by atomic mass is 32.1. The molecule has 0 fully saturated rings. The molecule has 1 aromatic rings. The fraction of sp³-hybridized carbons (Fsp3) is 0.600. The van der Waals surface area contributed by atoms with Crippen molar-refractivity contribution in [2.45, 2.75) is 33.6 Å². The van der Waals surface area contributed by atoms with Crippen molar-refractivity contribution in [3.8, 4) is 0 Å². The molecule has 1 heterocycles. The molecule has 11 heavy (non-hydrogen) atoms. The first-order valence-corrected chi connectivity index (χ1v) is 5.05. The van der Waals surface area contributed by atoms with Crippen LogP contribution in [-0.4, -0.2) is 0 Å². The maximum absolute atomic E-state index is 2.28. The van der Waals surface area contributed by atoms with Crippen LogP contribution in [-0.2, 0) is 6.42 Å². The largest absolute Gasteiger partial charge is 0.146 e. The minimum absolute atomic E-state index is 0.831. The molecule has 0 saturated heterocycles. The summed E-state index contributed by atoms with van der Waals surface area (Å²) in [5.41, 5.74) is 0. The summed E-state index contributed by atoms with van der Waals surface area (Å²) in [5.74, 6) is 0.831. The quantitative estimate of drug-likeness (QED) is 0.646. The number of aryl methyl sites for hydroxylation is 2. The van der Waals surface area contributed by atoms with E-state index in [1.807, 2.05) is 11.3 Å². The van der Waals surface area contributed by atoms with Crippen LogP contribution < -0.4 is 0 Å². The fourth-order valence-electron chi connectivity index (χ4n) is 1.05. The predicted octanol–water partition coefficient (Wildman–Crippen LogP) is 3.65. The molecule has 0 nitrogen and oxygen atoms in total. The minimum Gasteiger partial charge on any atom is -0.146 e. The molecule has 0 saturated carbocycles. The first-order chi connectivity index (χ1) is 5.18. The van der Waals surface area contributed by atoms with Crippen molar-refractivity contribution in [1.29, 1.82) is 0 Å². The molecular weight excluding hydrogens is 152 g/mol. The smallest absolute Gasteiger partial charge is 0.00481 e. The van der Waals surface area contributed by atoms with Crippen molar-refractivity contribution in [2.75, 3.05) is 0 Å². The predicted molar refractivity (Wildman–Crippen MR) is 52.2 cm³/mol. The molecule has 1 aromatic heterocycles. The third kappa shape index (κ3) is 3.06. The van der Waals surface area contributed by atoms with Crippen molar-refractivity contribution in [2.24, 2.45) is 5.92 Å². The van der Waals surface area contributed by atoms with E-state index in [1.165, 1.54) is 22.6 Å². The number of thiophene rings is 1. The number of hydrogen-bond acceptors (Lipinski definition) is 1. The first kappa shape index (κ1) is 8.79. The molecular formula is C10H16S. The summed E-state index contributed by atoms with van der Waals surface area (Å²) in [4.78, 5) is 2.97. The maximum Gasteiger partial charge on any atom is 0.00481 e. The van der Waals surface area contributed by atoms with Crippen LogP contribution in [0.1, 0.15) is 30.0 Å². The Labute approximate surface area is 73.3 Å². The van der Waals surface area contributed by atoms with E-state index in [4.69, 9.17) is 0 Å². The van der Waals surface area contributed by atoms with Gasteiger partial charge in [-0.2, -0.15) is 0 Å². The third-order valence-electron chi connectivity index (χ3n) is 1.76. The number of hydrogen-bond donors (Lipinski definition) is 0. The van der Waals surface area contributed by atoms with Crippen LogP contribution >= 0.6 is 11.3 Å². The standard InChI is InChI=1S/C10H16S/c1-8(2)4-6-10-7-5-9(3)11-10/h5,7-8H,4,6H2,1-3H3. The van der Waals surface area contributed by atoms with Crippen molar-refractivity contribution in [1.82, 2.24) is 0 Å². The molecule has 0 radical (unpaired) electrons. The molecule has 0 amide bonds. The molecule has 0 aromatic carbocycles. The molecule has 0 aliphatic rings. The summed E-state index contributed by atoms with van der Waals surface area (Å²) >= 11 is 1.93. The van der Waals surface area contributed by atoms with Gasteiger partial charge in [0.1, 0.15) is 0 Å². The highest BCUT2D eigenvalue weighted by Crippen LogP contribution is 2.18. The van der Waals surface area contributed by atoms with Crippen LogP contribution in [0.4, 0.5) is 0 Å². The summed E-state index contributed by atoms with van der Waals surface area (Å²) in [7, 11) is 0. The van der Waals surface area contributed by atoms with Gasteiger partial charge in [0.05, 0.1) is 0 Å². The van der Waals surface area contributed by atoms with Gasteiger partial charge in [-0.25, -0.2) is 0 Å². The lowest BCUT2D eigenvalue weighted by Crippen LogP contribution is -1.88. The second-order valence-corrected chi connectivity index (χ2v) is 4.82. The average Bonchev–Trinajstić information content (AvgIpc) is 2.31. The number of rotatable bonds is 3. The minimum atomic E-state index is 0.831. The molecule has 0 spiro atoms. The summed E-state index contributed by atoms with van der Waals surface area (Å²) in [6.45, 7) is 6.73. The monoisotopic (exact) mass is 168 g/mol. The Hall–Kier alpha value is -0.300. The zero-order chi connectivity index (χ0) is 8.27. The van der Waals surface area contributed by atoms with E-state index in [2.05, 4.69) is 32.9 Å². The van der Waals surface area contributed by atoms with Gasteiger partial charge in [-0.15, -0.1) is 11.3 Å². The van der Waals surface area contributed by atoms with Crippen molar-refractivity contribution in [3.05, 3.63) is 21.9 Å². The Balaban J connectivity index is 2.39. The van der Waals surface area contributed by atoms with Gasteiger partial charge in [0, 0.05) is 9.75 Å². The molecule has 0 aliphatic heterocycles. The van der Waals surface area contributed by atoms with E-state index in [0.29, 0.717) is 0 Å². The first-order valence-electron chi connectivity index (χ1n) is 4.24. The molecule has 0 aliphatic carbocycles. The van der Waals surface area contributed by atoms with Crippen LogP contribution in [0, 0.1) is 12.8 Å². The zero-order valence-electron chi connectivity index (χ0n) is 7.55. The van der Waals surface area contributed by atoms with Gasteiger partial charge in [-0.05, 0) is 37.8 Å².